The standard InChI is InChI=1S/C22H20N2O3S/c1-14-8-10-19(15(2)12-14)23-22(25)16-9-11-20-18(13-16)17-6-4-5-7-21(17)28(26,27)24(20)3/h4-13H,1-3H3,(H,23,25). The molecule has 0 atom stereocenters. The molecule has 0 spiro atoms. The van der Waals surface area contributed by atoms with Crippen LogP contribution in [0.4, 0.5) is 11.4 Å². The van der Waals surface area contributed by atoms with Crippen molar-refractivity contribution < 1.29 is 13.2 Å². The van der Waals surface area contributed by atoms with Crippen LogP contribution in [0.5, 0.6) is 0 Å². The molecule has 1 amide bonds. The van der Waals surface area contributed by atoms with Gasteiger partial charge in [-0.2, -0.15) is 0 Å². The molecule has 0 aliphatic carbocycles. The van der Waals surface area contributed by atoms with E-state index < -0.39 is 10.0 Å². The van der Waals surface area contributed by atoms with Gasteiger partial charge in [-0.25, -0.2) is 8.42 Å². The van der Waals surface area contributed by atoms with Crippen LogP contribution < -0.4 is 9.62 Å². The number of sulfonamides is 1. The summed E-state index contributed by atoms with van der Waals surface area (Å²) in [5, 5.41) is 2.94. The molecular weight excluding hydrogens is 372 g/mol. The molecule has 0 bridgehead atoms. The molecule has 1 heterocycles. The molecule has 5 nitrogen and oxygen atoms in total. The maximum Gasteiger partial charge on any atom is 0.264 e. The minimum absolute atomic E-state index is 0.233. The van der Waals surface area contributed by atoms with E-state index in [1.54, 1.807) is 42.5 Å². The van der Waals surface area contributed by atoms with Crippen molar-refractivity contribution in [3.05, 3.63) is 77.4 Å². The van der Waals surface area contributed by atoms with Crippen LogP contribution in [0.2, 0.25) is 0 Å². The number of hydrogen-bond acceptors (Lipinski definition) is 3. The zero-order chi connectivity index (χ0) is 20.1. The molecule has 0 saturated carbocycles. The summed E-state index contributed by atoms with van der Waals surface area (Å²) in [5.41, 5.74) is 5.24. The maximum absolute atomic E-state index is 12.8. The molecule has 1 N–H and O–H groups in total. The Bertz CT molecular complexity index is 1220. The third kappa shape index (κ3) is 2.86. The lowest BCUT2D eigenvalue weighted by Gasteiger charge is -2.29. The van der Waals surface area contributed by atoms with E-state index in [0.717, 1.165) is 22.4 Å². The lowest BCUT2D eigenvalue weighted by molar-refractivity contribution is 0.102. The van der Waals surface area contributed by atoms with E-state index in [4.69, 9.17) is 0 Å². The van der Waals surface area contributed by atoms with Crippen molar-refractivity contribution in [2.45, 2.75) is 18.7 Å². The van der Waals surface area contributed by atoms with Gasteiger partial charge in [-0.15, -0.1) is 0 Å². The minimum atomic E-state index is -3.59. The van der Waals surface area contributed by atoms with E-state index in [9.17, 15) is 13.2 Å². The average molecular weight is 392 g/mol. The Hall–Kier alpha value is -3.12. The fourth-order valence-electron chi connectivity index (χ4n) is 3.51. The highest BCUT2D eigenvalue weighted by molar-refractivity contribution is 7.93. The van der Waals surface area contributed by atoms with E-state index >= 15 is 0 Å². The Labute approximate surface area is 164 Å². The normalized spacial score (nSPS) is 14.2. The summed E-state index contributed by atoms with van der Waals surface area (Å²) in [6.45, 7) is 3.95. The van der Waals surface area contributed by atoms with Gasteiger partial charge < -0.3 is 5.32 Å². The zero-order valence-electron chi connectivity index (χ0n) is 15.9. The number of benzene rings is 3. The van der Waals surface area contributed by atoms with Gasteiger partial charge in [0.15, 0.2) is 0 Å². The second-order valence-electron chi connectivity index (χ2n) is 6.97. The second-order valence-corrected chi connectivity index (χ2v) is 8.91. The Morgan fingerprint density at radius 3 is 2.43 bits per heavy atom. The van der Waals surface area contributed by atoms with Crippen molar-refractivity contribution in [1.82, 2.24) is 0 Å². The highest BCUT2D eigenvalue weighted by Crippen LogP contribution is 2.42. The van der Waals surface area contributed by atoms with Crippen molar-refractivity contribution in [1.29, 1.82) is 0 Å². The highest BCUT2D eigenvalue weighted by atomic mass is 32.2. The molecule has 1 aliphatic rings. The number of fused-ring (bicyclic) bond motifs is 3. The monoisotopic (exact) mass is 392 g/mol. The minimum Gasteiger partial charge on any atom is -0.322 e. The number of hydrogen-bond donors (Lipinski definition) is 1. The SMILES string of the molecule is Cc1ccc(NC(=O)c2ccc3c(c2)-c2ccccc2S(=O)(=O)N3C)c(C)c1. The quantitative estimate of drug-likeness (QED) is 0.705. The molecule has 0 unspecified atom stereocenters. The Balaban J connectivity index is 1.77. The number of carbonyl (C=O) groups excluding carboxylic acids is 1. The maximum atomic E-state index is 12.8. The summed E-state index contributed by atoms with van der Waals surface area (Å²) in [6.07, 6.45) is 0. The van der Waals surface area contributed by atoms with Gasteiger partial charge in [-0.1, -0.05) is 35.9 Å². The first-order chi connectivity index (χ1) is 13.3. The largest absolute Gasteiger partial charge is 0.322 e. The molecule has 3 aromatic carbocycles. The van der Waals surface area contributed by atoms with Crippen LogP contribution in [0.3, 0.4) is 0 Å². The van der Waals surface area contributed by atoms with Gasteiger partial charge in [0.2, 0.25) is 0 Å². The van der Waals surface area contributed by atoms with E-state index in [2.05, 4.69) is 5.32 Å². The Morgan fingerprint density at radius 2 is 1.68 bits per heavy atom. The van der Waals surface area contributed by atoms with E-state index in [1.165, 1.54) is 11.4 Å². The van der Waals surface area contributed by atoms with Crippen LogP contribution in [0.15, 0.2) is 65.6 Å². The summed E-state index contributed by atoms with van der Waals surface area (Å²) in [4.78, 5) is 13.1. The van der Waals surface area contributed by atoms with Gasteiger partial charge in [-0.05, 0) is 49.7 Å². The summed E-state index contributed by atoms with van der Waals surface area (Å²) < 4.78 is 26.7. The summed E-state index contributed by atoms with van der Waals surface area (Å²) >= 11 is 0. The van der Waals surface area contributed by atoms with Gasteiger partial charge in [-0.3, -0.25) is 9.10 Å². The topological polar surface area (TPSA) is 66.5 Å². The Kier molecular flexibility index (Phi) is 4.23. The van der Waals surface area contributed by atoms with Gasteiger partial charge in [0.05, 0.1) is 10.6 Å². The molecule has 0 fully saturated rings. The molecule has 4 rings (SSSR count). The average Bonchev–Trinajstić information content (AvgIpc) is 2.68. The predicted molar refractivity (Wildman–Crippen MR) is 111 cm³/mol. The lowest BCUT2D eigenvalue weighted by Crippen LogP contribution is -2.30. The number of amides is 1. The molecule has 0 saturated heterocycles. The van der Waals surface area contributed by atoms with Crippen LogP contribution in [-0.2, 0) is 10.0 Å². The van der Waals surface area contributed by atoms with Crippen LogP contribution in [0.25, 0.3) is 11.1 Å². The Morgan fingerprint density at radius 1 is 0.929 bits per heavy atom. The number of rotatable bonds is 2. The molecular formula is C22H20N2O3S. The molecule has 1 aliphatic heterocycles. The van der Waals surface area contributed by atoms with E-state index in [1.807, 2.05) is 32.0 Å². The smallest absolute Gasteiger partial charge is 0.264 e. The van der Waals surface area contributed by atoms with Gasteiger partial charge in [0.25, 0.3) is 15.9 Å². The van der Waals surface area contributed by atoms with Crippen molar-refractivity contribution in [3.63, 3.8) is 0 Å². The first-order valence-electron chi connectivity index (χ1n) is 8.90. The van der Waals surface area contributed by atoms with E-state index in [-0.39, 0.29) is 10.8 Å². The number of aryl methyl sites for hydroxylation is 2. The third-order valence-electron chi connectivity index (χ3n) is 5.04. The van der Waals surface area contributed by atoms with Crippen LogP contribution in [-0.4, -0.2) is 21.4 Å². The van der Waals surface area contributed by atoms with Crippen molar-refractivity contribution in [3.8, 4) is 11.1 Å². The first kappa shape index (κ1) is 18.3. The number of anilines is 2. The first-order valence-corrected chi connectivity index (χ1v) is 10.3. The number of nitrogens with zero attached hydrogens (tertiary/aromatic N) is 1. The molecule has 28 heavy (non-hydrogen) atoms. The summed E-state index contributed by atoms with van der Waals surface area (Å²) in [7, 11) is -2.07. The summed E-state index contributed by atoms with van der Waals surface area (Å²) in [6, 6.07) is 17.8. The van der Waals surface area contributed by atoms with Crippen LogP contribution in [0.1, 0.15) is 21.5 Å². The van der Waals surface area contributed by atoms with E-state index in [0.29, 0.717) is 16.8 Å². The van der Waals surface area contributed by atoms with Gasteiger partial charge >= 0.3 is 0 Å². The second kappa shape index (κ2) is 6.49. The molecule has 0 radical (unpaired) electrons. The fourth-order valence-corrected chi connectivity index (χ4v) is 4.93. The van der Waals surface area contributed by atoms with Crippen molar-refractivity contribution >= 4 is 27.3 Å². The lowest BCUT2D eigenvalue weighted by atomic mass is 10.00. The summed E-state index contributed by atoms with van der Waals surface area (Å²) in [5.74, 6) is -0.233. The molecule has 6 heteroatoms. The number of carbonyl (C=O) groups is 1. The van der Waals surface area contributed by atoms with Crippen LogP contribution >= 0.6 is 0 Å². The molecule has 0 aromatic heterocycles. The van der Waals surface area contributed by atoms with Crippen molar-refractivity contribution in [2.75, 3.05) is 16.7 Å². The zero-order valence-corrected chi connectivity index (χ0v) is 16.7. The highest BCUT2D eigenvalue weighted by Gasteiger charge is 2.32. The number of nitrogens with one attached hydrogen (secondary N) is 1. The predicted octanol–water partition coefficient (Wildman–Crippen LogP) is 4.36. The third-order valence-corrected chi connectivity index (χ3v) is 6.87. The fraction of sp³-hybridized carbons (Fsp3) is 0.136. The van der Waals surface area contributed by atoms with Crippen LogP contribution in [0, 0.1) is 13.8 Å². The molecule has 3 aromatic rings. The van der Waals surface area contributed by atoms with Gasteiger partial charge in [0, 0.05) is 29.4 Å². The van der Waals surface area contributed by atoms with Gasteiger partial charge in [0.1, 0.15) is 0 Å². The molecule has 142 valence electrons. The van der Waals surface area contributed by atoms with Crippen molar-refractivity contribution in [2.24, 2.45) is 0 Å².